The Labute approximate surface area is 201 Å². The van der Waals surface area contributed by atoms with Crippen molar-refractivity contribution in [1.82, 2.24) is 0 Å². The SMILES string of the molecule is CC[C@@H](C(C)C)[C@H]1O[C@H]1[C@@H](C)[C@H]1CC[C@H]2[C@@H]3CC(=O)[C@H]4C[C@H](O)[C@H](O)C[C@]4(C)[C@H]3CC[C@]12C. The smallest absolute Gasteiger partial charge is 0.136 e. The summed E-state index contributed by atoms with van der Waals surface area (Å²) in [5.41, 5.74) is 0.146. The Morgan fingerprint density at radius 2 is 1.70 bits per heavy atom. The first-order valence-corrected chi connectivity index (χ1v) is 14.1. The second-order valence-electron chi connectivity index (χ2n) is 13.6. The standard InChI is InChI=1S/C29H48O4/c1-7-17(15(2)3)27-26(33-27)16(4)19-8-9-20-18-12-23(30)22-13-24(31)25(32)14-29(22,6)21(18)10-11-28(19,20)5/h15-22,24-27,31-32H,7-14H2,1-6H3/t16-,17-,18-,19+,20-,21-,22+,24-,25+,26-,27+,28+,29+/m0/s1. The lowest BCUT2D eigenvalue weighted by Gasteiger charge is -2.61. The molecule has 0 aromatic carbocycles. The molecule has 5 fully saturated rings. The second-order valence-corrected chi connectivity index (χ2v) is 13.6. The van der Waals surface area contributed by atoms with Gasteiger partial charge in [-0.3, -0.25) is 4.79 Å². The zero-order chi connectivity index (χ0) is 23.9. The minimum absolute atomic E-state index is 0.0692. The molecule has 0 amide bonds. The molecule has 0 bridgehead atoms. The van der Waals surface area contributed by atoms with Crippen molar-refractivity contribution in [1.29, 1.82) is 0 Å². The summed E-state index contributed by atoms with van der Waals surface area (Å²) >= 11 is 0. The van der Waals surface area contributed by atoms with E-state index in [9.17, 15) is 15.0 Å². The molecule has 1 saturated heterocycles. The number of ketones is 1. The molecule has 1 heterocycles. The lowest BCUT2D eigenvalue weighted by molar-refractivity contribution is -0.173. The van der Waals surface area contributed by atoms with Crippen LogP contribution in [-0.2, 0) is 9.53 Å². The van der Waals surface area contributed by atoms with Crippen molar-refractivity contribution in [2.24, 2.45) is 58.2 Å². The van der Waals surface area contributed by atoms with Crippen molar-refractivity contribution >= 4 is 5.78 Å². The summed E-state index contributed by atoms with van der Waals surface area (Å²) in [5.74, 6) is 4.46. The van der Waals surface area contributed by atoms with Crippen LogP contribution in [0.25, 0.3) is 0 Å². The van der Waals surface area contributed by atoms with Crippen molar-refractivity contribution in [2.75, 3.05) is 0 Å². The summed E-state index contributed by atoms with van der Waals surface area (Å²) < 4.78 is 6.36. The normalized spacial score (nSPS) is 53.2. The lowest BCUT2D eigenvalue weighted by Crippen LogP contribution is -2.59. The first-order valence-electron chi connectivity index (χ1n) is 14.1. The van der Waals surface area contributed by atoms with Crippen LogP contribution in [0.15, 0.2) is 0 Å². The monoisotopic (exact) mass is 460 g/mol. The van der Waals surface area contributed by atoms with Gasteiger partial charge in [0, 0.05) is 12.3 Å². The predicted molar refractivity (Wildman–Crippen MR) is 129 cm³/mol. The van der Waals surface area contributed by atoms with E-state index in [4.69, 9.17) is 4.74 Å². The lowest BCUT2D eigenvalue weighted by atomic mass is 9.44. The first kappa shape index (κ1) is 24.3. The third-order valence-electron chi connectivity index (χ3n) is 12.0. The van der Waals surface area contributed by atoms with Crippen LogP contribution in [0.4, 0.5) is 0 Å². The highest BCUT2D eigenvalue weighted by Gasteiger charge is 2.64. The van der Waals surface area contributed by atoms with Crippen LogP contribution in [0.2, 0.25) is 0 Å². The Hall–Kier alpha value is -0.450. The molecule has 0 aromatic rings. The molecule has 5 rings (SSSR count). The van der Waals surface area contributed by atoms with Gasteiger partial charge in [-0.05, 0) is 90.8 Å². The zero-order valence-corrected chi connectivity index (χ0v) is 21.8. The molecule has 4 nitrogen and oxygen atoms in total. The third-order valence-corrected chi connectivity index (χ3v) is 12.0. The van der Waals surface area contributed by atoms with E-state index in [1.807, 2.05) is 0 Å². The first-order chi connectivity index (χ1) is 15.5. The molecule has 188 valence electrons. The van der Waals surface area contributed by atoms with E-state index >= 15 is 0 Å². The summed E-state index contributed by atoms with van der Waals surface area (Å²) in [4.78, 5) is 13.4. The number of rotatable bonds is 5. The third kappa shape index (κ3) is 3.59. The maximum absolute atomic E-state index is 13.4. The van der Waals surface area contributed by atoms with Gasteiger partial charge in [-0.15, -0.1) is 0 Å². The van der Waals surface area contributed by atoms with Crippen LogP contribution in [0.3, 0.4) is 0 Å². The number of aliphatic hydroxyl groups is 2. The van der Waals surface area contributed by atoms with Crippen molar-refractivity contribution in [3.8, 4) is 0 Å². The average molecular weight is 461 g/mol. The van der Waals surface area contributed by atoms with E-state index in [0.717, 1.165) is 0 Å². The van der Waals surface area contributed by atoms with Gasteiger partial charge < -0.3 is 14.9 Å². The Balaban J connectivity index is 1.35. The predicted octanol–water partition coefficient (Wildman–Crippen LogP) is 5.24. The number of hydrogen-bond acceptors (Lipinski definition) is 4. The number of epoxide rings is 1. The molecule has 2 N–H and O–H groups in total. The van der Waals surface area contributed by atoms with E-state index in [1.165, 1.54) is 32.1 Å². The fourth-order valence-electron chi connectivity index (χ4n) is 10.2. The van der Waals surface area contributed by atoms with Crippen LogP contribution >= 0.6 is 0 Å². The van der Waals surface area contributed by atoms with Gasteiger partial charge in [0.15, 0.2) is 0 Å². The van der Waals surface area contributed by atoms with E-state index in [-0.39, 0.29) is 11.3 Å². The molecule has 4 aliphatic carbocycles. The number of carbonyl (C=O) groups excluding carboxylic acids is 1. The van der Waals surface area contributed by atoms with Crippen molar-refractivity contribution < 1.29 is 19.7 Å². The van der Waals surface area contributed by atoms with E-state index in [1.54, 1.807) is 0 Å². The summed E-state index contributed by atoms with van der Waals surface area (Å²) in [5, 5.41) is 20.8. The maximum atomic E-state index is 13.4. The maximum Gasteiger partial charge on any atom is 0.136 e. The molecule has 4 heteroatoms. The molecule has 1 aliphatic heterocycles. The van der Waals surface area contributed by atoms with Crippen LogP contribution < -0.4 is 0 Å². The Morgan fingerprint density at radius 3 is 2.36 bits per heavy atom. The van der Waals surface area contributed by atoms with Crippen LogP contribution in [-0.4, -0.2) is 40.4 Å². The van der Waals surface area contributed by atoms with Gasteiger partial charge in [-0.2, -0.15) is 0 Å². The summed E-state index contributed by atoms with van der Waals surface area (Å²) in [6.45, 7) is 14.2. The molecule has 0 aromatic heterocycles. The fraction of sp³-hybridized carbons (Fsp3) is 0.966. The average Bonchev–Trinajstić information content (AvgIpc) is 3.43. The molecule has 4 saturated carbocycles. The molecule has 0 radical (unpaired) electrons. The number of Topliss-reactive ketones (excluding diaryl/α,β-unsaturated/α-hetero) is 1. The summed E-state index contributed by atoms with van der Waals surface area (Å²) in [6.07, 6.45) is 7.29. The Bertz CT molecular complexity index is 765. The minimum Gasteiger partial charge on any atom is -0.390 e. The highest BCUT2D eigenvalue weighted by Crippen LogP contribution is 2.68. The molecule has 13 atom stereocenters. The highest BCUT2D eigenvalue weighted by molar-refractivity contribution is 5.83. The Morgan fingerprint density at radius 1 is 1.00 bits per heavy atom. The number of fused-ring (bicyclic) bond motifs is 5. The number of carbonyl (C=O) groups is 1. The van der Waals surface area contributed by atoms with Crippen molar-refractivity contribution in [3.63, 3.8) is 0 Å². The molecular weight excluding hydrogens is 412 g/mol. The fourth-order valence-corrected chi connectivity index (χ4v) is 10.2. The molecule has 0 unspecified atom stereocenters. The number of aliphatic hydroxyl groups excluding tert-OH is 2. The largest absolute Gasteiger partial charge is 0.390 e. The van der Waals surface area contributed by atoms with Gasteiger partial charge in [0.1, 0.15) is 5.78 Å². The topological polar surface area (TPSA) is 70.1 Å². The number of ether oxygens (including phenoxy) is 1. The quantitative estimate of drug-likeness (QED) is 0.550. The van der Waals surface area contributed by atoms with Gasteiger partial charge in [-0.1, -0.05) is 48.0 Å². The second kappa shape index (κ2) is 8.30. The molecule has 33 heavy (non-hydrogen) atoms. The van der Waals surface area contributed by atoms with Crippen molar-refractivity contribution in [3.05, 3.63) is 0 Å². The molecule has 0 spiro atoms. The van der Waals surface area contributed by atoms with Gasteiger partial charge in [0.05, 0.1) is 24.4 Å². The summed E-state index contributed by atoms with van der Waals surface area (Å²) in [6, 6.07) is 0. The van der Waals surface area contributed by atoms with Crippen molar-refractivity contribution in [2.45, 2.75) is 117 Å². The van der Waals surface area contributed by atoms with E-state index in [0.29, 0.717) is 84.1 Å². The van der Waals surface area contributed by atoms with Gasteiger partial charge in [-0.25, -0.2) is 0 Å². The van der Waals surface area contributed by atoms with Crippen LogP contribution in [0.5, 0.6) is 0 Å². The minimum atomic E-state index is -0.738. The number of hydrogen-bond donors (Lipinski definition) is 2. The summed E-state index contributed by atoms with van der Waals surface area (Å²) in [7, 11) is 0. The van der Waals surface area contributed by atoms with E-state index in [2.05, 4.69) is 41.5 Å². The molecular formula is C29H48O4. The Kier molecular flexibility index (Phi) is 6.10. The van der Waals surface area contributed by atoms with Gasteiger partial charge >= 0.3 is 0 Å². The van der Waals surface area contributed by atoms with Crippen LogP contribution in [0, 0.1) is 58.2 Å². The van der Waals surface area contributed by atoms with E-state index < -0.39 is 12.2 Å². The van der Waals surface area contributed by atoms with Crippen LogP contribution in [0.1, 0.15) is 92.9 Å². The highest BCUT2D eigenvalue weighted by atomic mass is 16.6. The van der Waals surface area contributed by atoms with Gasteiger partial charge in [0.2, 0.25) is 0 Å². The zero-order valence-electron chi connectivity index (χ0n) is 21.8. The molecule has 5 aliphatic rings. The van der Waals surface area contributed by atoms with Gasteiger partial charge in [0.25, 0.3) is 0 Å².